The lowest BCUT2D eigenvalue weighted by atomic mass is 10.3. The summed E-state index contributed by atoms with van der Waals surface area (Å²) in [5.74, 6) is 0.842. The van der Waals surface area contributed by atoms with Crippen molar-refractivity contribution in [2.75, 3.05) is 19.8 Å². The molecule has 0 aliphatic heterocycles. The van der Waals surface area contributed by atoms with Gasteiger partial charge in [-0.15, -0.1) is 0 Å². The van der Waals surface area contributed by atoms with Crippen LogP contribution in [-0.4, -0.2) is 24.8 Å². The fraction of sp³-hybridized carbons (Fsp3) is 0.150. The van der Waals surface area contributed by atoms with Crippen molar-refractivity contribution < 1.29 is 14.2 Å². The first kappa shape index (κ1) is 23.3. The molecule has 0 bridgehead atoms. The van der Waals surface area contributed by atoms with Gasteiger partial charge in [-0.2, -0.15) is 0 Å². The molecule has 1 heterocycles. The molecule has 2 aromatic carbocycles. The maximum absolute atomic E-state index is 6.22. The summed E-state index contributed by atoms with van der Waals surface area (Å²) < 4.78 is 17.8. The van der Waals surface area contributed by atoms with Crippen LogP contribution in [0.15, 0.2) is 53.1 Å². The number of benzene rings is 2. The molecule has 3 aromatic rings. The van der Waals surface area contributed by atoms with Gasteiger partial charge in [0.05, 0.1) is 20.3 Å². The van der Waals surface area contributed by atoms with Crippen molar-refractivity contribution in [3.63, 3.8) is 0 Å². The van der Waals surface area contributed by atoms with E-state index in [2.05, 4.69) is 4.98 Å². The smallest absolute Gasteiger partial charge is 0.274 e. The van der Waals surface area contributed by atoms with E-state index < -0.39 is 0 Å². The highest BCUT2D eigenvalue weighted by atomic mass is 35.5. The molecule has 0 N–H and O–H groups in total. The van der Waals surface area contributed by atoms with Crippen molar-refractivity contribution in [2.45, 2.75) is 0 Å². The van der Waals surface area contributed by atoms with E-state index in [1.54, 1.807) is 24.3 Å². The zero-order valence-electron chi connectivity index (χ0n) is 15.2. The molecule has 0 amide bonds. The summed E-state index contributed by atoms with van der Waals surface area (Å²) in [7, 11) is 0. The van der Waals surface area contributed by atoms with Crippen molar-refractivity contribution in [3.8, 4) is 16.7 Å². The van der Waals surface area contributed by atoms with Gasteiger partial charge in [0, 0.05) is 17.2 Å². The number of ether oxygens (including phenoxy) is 3. The molecule has 158 valence electrons. The third-order valence-electron chi connectivity index (χ3n) is 3.58. The molecule has 0 saturated carbocycles. The Morgan fingerprint density at radius 3 is 2.30 bits per heavy atom. The van der Waals surface area contributed by atoms with E-state index in [1.165, 1.54) is 17.4 Å². The van der Waals surface area contributed by atoms with Gasteiger partial charge in [0.1, 0.15) is 30.1 Å². The molecule has 0 saturated heterocycles. The van der Waals surface area contributed by atoms with Crippen molar-refractivity contribution in [3.05, 3.63) is 68.1 Å². The molecule has 0 fully saturated rings. The third kappa shape index (κ3) is 6.84. The largest absolute Gasteiger partial charge is 0.489 e. The molecule has 0 atom stereocenters. The van der Waals surface area contributed by atoms with Crippen molar-refractivity contribution in [1.29, 1.82) is 0 Å². The Kier molecular flexibility index (Phi) is 8.81. The van der Waals surface area contributed by atoms with Crippen LogP contribution in [0.4, 0.5) is 0 Å². The van der Waals surface area contributed by atoms with Crippen LogP contribution in [0.5, 0.6) is 16.7 Å². The Balaban J connectivity index is 1.48. The molecule has 0 aliphatic rings. The Morgan fingerprint density at radius 2 is 1.60 bits per heavy atom. The number of hydrogen-bond acceptors (Lipinski definition) is 5. The summed E-state index contributed by atoms with van der Waals surface area (Å²) in [5.41, 5.74) is 0.813. The van der Waals surface area contributed by atoms with Crippen LogP contribution >= 0.6 is 69.3 Å². The van der Waals surface area contributed by atoms with E-state index in [0.29, 0.717) is 38.4 Å². The van der Waals surface area contributed by atoms with E-state index in [0.717, 1.165) is 10.2 Å². The summed E-state index contributed by atoms with van der Waals surface area (Å²) in [6.07, 6.45) is 5.13. The summed E-state index contributed by atoms with van der Waals surface area (Å²) in [6, 6.07) is 8.75. The Hall–Kier alpha value is -1.34. The van der Waals surface area contributed by atoms with Crippen LogP contribution in [0.1, 0.15) is 0 Å². The van der Waals surface area contributed by atoms with E-state index >= 15 is 0 Å². The zero-order chi connectivity index (χ0) is 21.5. The van der Waals surface area contributed by atoms with Crippen LogP contribution in [-0.2, 0) is 0 Å². The number of nitrogens with zero attached hydrogens (tertiary/aromatic N) is 1. The standard InChI is InChI=1S/C20H14Cl5NO3S/c21-12-3-4-17-16(9-12)26-20(30-17)29-7-2-1-6-28-19-14(22)10-13(11-15(19)23)27-8-5-18(24)25/h1-5,9-11H,6-8H2/b2-1-. The minimum atomic E-state index is 0.121. The summed E-state index contributed by atoms with van der Waals surface area (Å²) >= 11 is 30.9. The number of hydrogen-bond donors (Lipinski definition) is 0. The topological polar surface area (TPSA) is 40.6 Å². The molecule has 30 heavy (non-hydrogen) atoms. The van der Waals surface area contributed by atoms with Gasteiger partial charge in [-0.1, -0.05) is 69.3 Å². The van der Waals surface area contributed by atoms with Gasteiger partial charge < -0.3 is 14.2 Å². The highest BCUT2D eigenvalue weighted by molar-refractivity contribution is 7.20. The molecule has 0 aliphatic carbocycles. The van der Waals surface area contributed by atoms with Gasteiger partial charge in [-0.25, -0.2) is 4.98 Å². The van der Waals surface area contributed by atoms with Crippen molar-refractivity contribution in [1.82, 2.24) is 4.98 Å². The average Bonchev–Trinajstić information content (AvgIpc) is 3.07. The molecule has 1 aromatic heterocycles. The molecular weight excluding hydrogens is 512 g/mol. The van der Waals surface area contributed by atoms with Crippen LogP contribution in [0, 0.1) is 0 Å². The second-order valence-corrected chi connectivity index (χ2v) is 8.96. The van der Waals surface area contributed by atoms with Crippen molar-refractivity contribution >= 4 is 79.6 Å². The average molecular weight is 526 g/mol. The predicted octanol–water partition coefficient (Wildman–Crippen LogP) is 7.97. The normalized spacial score (nSPS) is 11.1. The summed E-state index contributed by atoms with van der Waals surface area (Å²) in [4.78, 5) is 4.38. The molecule has 3 rings (SSSR count). The fourth-order valence-corrected chi connectivity index (χ4v) is 3.96. The van der Waals surface area contributed by atoms with Crippen molar-refractivity contribution in [2.24, 2.45) is 0 Å². The van der Waals surface area contributed by atoms with Crippen LogP contribution < -0.4 is 14.2 Å². The fourth-order valence-electron chi connectivity index (χ4n) is 2.29. The minimum absolute atomic E-state index is 0.121. The van der Waals surface area contributed by atoms with E-state index in [1.807, 2.05) is 18.2 Å². The molecule has 0 unspecified atom stereocenters. The summed E-state index contributed by atoms with van der Waals surface area (Å²) in [5, 5.41) is 1.88. The molecule has 10 heteroatoms. The minimum Gasteiger partial charge on any atom is -0.489 e. The lowest BCUT2D eigenvalue weighted by Crippen LogP contribution is -1.99. The Morgan fingerprint density at radius 1 is 0.900 bits per heavy atom. The first-order chi connectivity index (χ1) is 14.4. The van der Waals surface area contributed by atoms with Gasteiger partial charge in [-0.05, 0) is 36.4 Å². The second-order valence-electron chi connectivity index (χ2n) is 5.71. The summed E-state index contributed by atoms with van der Waals surface area (Å²) in [6.45, 7) is 0.810. The number of rotatable bonds is 9. The maximum atomic E-state index is 6.22. The van der Waals surface area contributed by atoms with Gasteiger partial charge >= 0.3 is 0 Å². The molecular formula is C20H14Cl5NO3S. The Labute approximate surface area is 202 Å². The molecule has 0 radical (unpaired) electrons. The number of thiazole rings is 1. The van der Waals surface area contributed by atoms with Gasteiger partial charge in [-0.3, -0.25) is 0 Å². The number of halogens is 5. The van der Waals surface area contributed by atoms with Gasteiger partial charge in [0.15, 0.2) is 5.75 Å². The molecule has 4 nitrogen and oxygen atoms in total. The second kappa shape index (κ2) is 11.3. The van der Waals surface area contributed by atoms with E-state index in [9.17, 15) is 0 Å². The SMILES string of the molecule is ClC(Cl)=CCOc1cc(Cl)c(OC/C=C\COc2nc3cc(Cl)ccc3s2)c(Cl)c1. The maximum Gasteiger partial charge on any atom is 0.274 e. The Bertz CT molecular complexity index is 1060. The number of fused-ring (bicyclic) bond motifs is 1. The lowest BCUT2D eigenvalue weighted by Gasteiger charge is -2.11. The van der Waals surface area contributed by atoms with E-state index in [-0.39, 0.29) is 17.7 Å². The lowest BCUT2D eigenvalue weighted by molar-refractivity contribution is 0.346. The monoisotopic (exact) mass is 523 g/mol. The van der Waals surface area contributed by atoms with E-state index in [4.69, 9.17) is 72.2 Å². The highest BCUT2D eigenvalue weighted by Crippen LogP contribution is 2.37. The van der Waals surface area contributed by atoms with Crippen LogP contribution in [0.2, 0.25) is 15.1 Å². The predicted molar refractivity (Wildman–Crippen MR) is 127 cm³/mol. The first-order valence-corrected chi connectivity index (χ1v) is 11.2. The van der Waals surface area contributed by atoms with Crippen LogP contribution in [0.25, 0.3) is 10.2 Å². The van der Waals surface area contributed by atoms with Gasteiger partial charge in [0.2, 0.25) is 0 Å². The quantitative estimate of drug-likeness (QED) is 0.266. The number of aromatic nitrogens is 1. The van der Waals surface area contributed by atoms with Gasteiger partial charge in [0.25, 0.3) is 5.19 Å². The first-order valence-electron chi connectivity index (χ1n) is 8.52. The zero-order valence-corrected chi connectivity index (χ0v) is 19.8. The third-order valence-corrected chi connectivity index (χ3v) is 5.64. The highest BCUT2D eigenvalue weighted by Gasteiger charge is 2.10. The molecule has 0 spiro atoms. The van der Waals surface area contributed by atoms with Crippen LogP contribution in [0.3, 0.4) is 0 Å².